The van der Waals surface area contributed by atoms with E-state index in [0.717, 1.165) is 19.4 Å². The fraction of sp³-hybridized carbons (Fsp3) is 0.917. The fourth-order valence-electron chi connectivity index (χ4n) is 1.88. The van der Waals surface area contributed by atoms with Gasteiger partial charge in [0, 0.05) is 12.6 Å². The second-order valence-electron chi connectivity index (χ2n) is 5.09. The van der Waals surface area contributed by atoms with Gasteiger partial charge in [0.15, 0.2) is 0 Å². The largest absolute Gasteiger partial charge is 0.368 e. The molecular weight excluding hydrogens is 202 g/mol. The van der Waals surface area contributed by atoms with Gasteiger partial charge < -0.3 is 16.0 Å². The molecule has 0 aliphatic carbocycles. The molecule has 0 saturated heterocycles. The summed E-state index contributed by atoms with van der Waals surface area (Å²) in [7, 11) is 2.03. The highest BCUT2D eigenvalue weighted by Crippen LogP contribution is 2.07. The lowest BCUT2D eigenvalue weighted by atomic mass is 9.99. The summed E-state index contributed by atoms with van der Waals surface area (Å²) in [6.07, 6.45) is 2.31. The van der Waals surface area contributed by atoms with Gasteiger partial charge in [-0.2, -0.15) is 0 Å². The van der Waals surface area contributed by atoms with E-state index in [0.29, 0.717) is 6.54 Å². The molecule has 1 amide bonds. The lowest BCUT2D eigenvalue weighted by Crippen LogP contribution is -2.60. The summed E-state index contributed by atoms with van der Waals surface area (Å²) in [5, 5.41) is 3.25. The van der Waals surface area contributed by atoms with E-state index in [9.17, 15) is 4.79 Å². The van der Waals surface area contributed by atoms with Gasteiger partial charge in [-0.15, -0.1) is 0 Å². The Labute approximate surface area is 99.6 Å². The fourth-order valence-corrected chi connectivity index (χ4v) is 1.88. The first-order valence-corrected chi connectivity index (χ1v) is 6.08. The Kier molecular flexibility index (Phi) is 6.60. The Hall–Kier alpha value is -0.610. The highest BCUT2D eigenvalue weighted by Gasteiger charge is 2.32. The molecule has 0 radical (unpaired) electrons. The van der Waals surface area contributed by atoms with Crippen molar-refractivity contribution in [1.29, 1.82) is 0 Å². The lowest BCUT2D eigenvalue weighted by Gasteiger charge is -2.33. The topological polar surface area (TPSA) is 58.4 Å². The van der Waals surface area contributed by atoms with E-state index in [-0.39, 0.29) is 11.9 Å². The van der Waals surface area contributed by atoms with E-state index < -0.39 is 5.54 Å². The van der Waals surface area contributed by atoms with Crippen molar-refractivity contribution in [2.24, 2.45) is 5.73 Å². The van der Waals surface area contributed by atoms with Crippen LogP contribution in [0.2, 0.25) is 0 Å². The molecule has 0 rings (SSSR count). The third kappa shape index (κ3) is 5.47. The van der Waals surface area contributed by atoms with E-state index in [1.165, 1.54) is 0 Å². The van der Waals surface area contributed by atoms with Crippen LogP contribution in [0.25, 0.3) is 0 Å². The number of nitrogens with zero attached hydrogens (tertiary/aromatic N) is 1. The minimum absolute atomic E-state index is 0.247. The first-order chi connectivity index (χ1) is 7.31. The van der Waals surface area contributed by atoms with E-state index in [4.69, 9.17) is 5.73 Å². The molecule has 0 bridgehead atoms. The highest BCUT2D eigenvalue weighted by molar-refractivity contribution is 5.84. The van der Waals surface area contributed by atoms with Crippen molar-refractivity contribution in [2.75, 3.05) is 20.1 Å². The average molecular weight is 229 g/mol. The standard InChI is InChI=1S/C12H27N3O/c1-6-7-8-15(5)9-12(4,11(13)16)14-10(2)3/h10,14H,6-9H2,1-5H3,(H2,13,16). The van der Waals surface area contributed by atoms with Crippen LogP contribution in [-0.2, 0) is 4.79 Å². The van der Waals surface area contributed by atoms with Crippen LogP contribution < -0.4 is 11.1 Å². The molecule has 16 heavy (non-hydrogen) atoms. The van der Waals surface area contributed by atoms with Crippen molar-refractivity contribution >= 4 is 5.91 Å². The molecule has 0 aromatic carbocycles. The van der Waals surface area contributed by atoms with Crippen LogP contribution in [0.4, 0.5) is 0 Å². The minimum atomic E-state index is -0.642. The number of nitrogens with one attached hydrogen (secondary N) is 1. The molecular formula is C12H27N3O. The lowest BCUT2D eigenvalue weighted by molar-refractivity contribution is -0.124. The minimum Gasteiger partial charge on any atom is -0.368 e. The number of primary amides is 1. The Morgan fingerprint density at radius 3 is 2.44 bits per heavy atom. The summed E-state index contributed by atoms with van der Waals surface area (Å²) in [6.45, 7) is 9.73. The molecule has 4 nitrogen and oxygen atoms in total. The van der Waals surface area contributed by atoms with Gasteiger partial charge in [0.1, 0.15) is 5.54 Å². The molecule has 1 atom stereocenters. The first kappa shape index (κ1) is 15.4. The molecule has 0 aromatic rings. The molecule has 4 heteroatoms. The van der Waals surface area contributed by atoms with Crippen molar-refractivity contribution in [2.45, 2.75) is 52.1 Å². The smallest absolute Gasteiger partial charge is 0.238 e. The zero-order valence-corrected chi connectivity index (χ0v) is 11.3. The van der Waals surface area contributed by atoms with Crippen molar-refractivity contribution in [3.8, 4) is 0 Å². The average Bonchev–Trinajstić information content (AvgIpc) is 2.12. The van der Waals surface area contributed by atoms with Gasteiger partial charge in [-0.05, 0) is 40.8 Å². The SMILES string of the molecule is CCCCN(C)CC(C)(NC(C)C)C(N)=O. The van der Waals surface area contributed by atoms with Crippen LogP contribution in [0.3, 0.4) is 0 Å². The number of unbranched alkanes of at least 4 members (excludes halogenated alkanes) is 1. The number of amides is 1. The predicted molar refractivity (Wildman–Crippen MR) is 68.3 cm³/mol. The van der Waals surface area contributed by atoms with Gasteiger partial charge in [0.25, 0.3) is 0 Å². The number of nitrogens with two attached hydrogens (primary N) is 1. The van der Waals surface area contributed by atoms with Crippen LogP contribution in [0, 0.1) is 0 Å². The molecule has 0 saturated carbocycles. The summed E-state index contributed by atoms with van der Waals surface area (Å²) in [5.74, 6) is -0.287. The summed E-state index contributed by atoms with van der Waals surface area (Å²) in [4.78, 5) is 13.7. The van der Waals surface area contributed by atoms with E-state index in [1.807, 2.05) is 27.8 Å². The monoisotopic (exact) mass is 229 g/mol. The van der Waals surface area contributed by atoms with Crippen LogP contribution >= 0.6 is 0 Å². The Bertz CT molecular complexity index is 218. The molecule has 1 unspecified atom stereocenters. The number of carbonyl (C=O) groups is 1. The highest BCUT2D eigenvalue weighted by atomic mass is 16.1. The van der Waals surface area contributed by atoms with Crippen molar-refractivity contribution in [1.82, 2.24) is 10.2 Å². The van der Waals surface area contributed by atoms with Gasteiger partial charge in [-0.25, -0.2) is 0 Å². The van der Waals surface area contributed by atoms with Gasteiger partial charge in [0.05, 0.1) is 0 Å². The van der Waals surface area contributed by atoms with Crippen molar-refractivity contribution < 1.29 is 4.79 Å². The molecule has 0 fully saturated rings. The van der Waals surface area contributed by atoms with Crippen molar-refractivity contribution in [3.63, 3.8) is 0 Å². The molecule has 0 spiro atoms. The summed E-state index contributed by atoms with van der Waals surface area (Å²) >= 11 is 0. The normalized spacial score (nSPS) is 15.4. The molecule has 0 aromatic heterocycles. The third-order valence-electron chi connectivity index (χ3n) is 2.63. The summed E-state index contributed by atoms with van der Waals surface area (Å²) < 4.78 is 0. The molecule has 0 aliphatic rings. The van der Waals surface area contributed by atoms with Crippen LogP contribution in [0.1, 0.15) is 40.5 Å². The van der Waals surface area contributed by atoms with Crippen LogP contribution in [-0.4, -0.2) is 42.5 Å². The maximum absolute atomic E-state index is 11.5. The van der Waals surface area contributed by atoms with Gasteiger partial charge in [-0.3, -0.25) is 4.79 Å². The molecule has 0 aliphatic heterocycles. The number of hydrogen-bond acceptors (Lipinski definition) is 3. The Balaban J connectivity index is 4.37. The second kappa shape index (κ2) is 6.86. The number of carbonyl (C=O) groups excluding carboxylic acids is 1. The second-order valence-corrected chi connectivity index (χ2v) is 5.09. The van der Waals surface area contributed by atoms with E-state index in [2.05, 4.69) is 17.1 Å². The Morgan fingerprint density at radius 2 is 2.06 bits per heavy atom. The zero-order valence-electron chi connectivity index (χ0n) is 11.3. The molecule has 3 N–H and O–H groups in total. The van der Waals surface area contributed by atoms with Crippen LogP contribution in [0.15, 0.2) is 0 Å². The van der Waals surface area contributed by atoms with Gasteiger partial charge in [-0.1, -0.05) is 13.3 Å². The first-order valence-electron chi connectivity index (χ1n) is 6.08. The van der Waals surface area contributed by atoms with Gasteiger partial charge in [0.2, 0.25) is 5.91 Å². The number of likely N-dealkylation sites (N-methyl/N-ethyl adjacent to an activating group) is 1. The summed E-state index contributed by atoms with van der Waals surface area (Å²) in [6, 6.07) is 0.247. The van der Waals surface area contributed by atoms with Gasteiger partial charge >= 0.3 is 0 Å². The Morgan fingerprint density at radius 1 is 1.50 bits per heavy atom. The molecule has 0 heterocycles. The van der Waals surface area contributed by atoms with E-state index >= 15 is 0 Å². The maximum atomic E-state index is 11.5. The van der Waals surface area contributed by atoms with Crippen molar-refractivity contribution in [3.05, 3.63) is 0 Å². The summed E-state index contributed by atoms with van der Waals surface area (Å²) in [5.41, 5.74) is 4.83. The quantitative estimate of drug-likeness (QED) is 0.652. The van der Waals surface area contributed by atoms with Crippen LogP contribution in [0.5, 0.6) is 0 Å². The van der Waals surface area contributed by atoms with E-state index in [1.54, 1.807) is 0 Å². The number of rotatable bonds is 8. The number of hydrogen-bond donors (Lipinski definition) is 2. The third-order valence-corrected chi connectivity index (χ3v) is 2.63. The maximum Gasteiger partial charge on any atom is 0.238 e. The molecule has 96 valence electrons. The predicted octanol–water partition coefficient (Wildman–Crippen LogP) is 0.960. The zero-order chi connectivity index (χ0) is 12.8.